The molecule has 0 radical (unpaired) electrons. The first-order valence-corrected chi connectivity index (χ1v) is 7.63. The molecule has 1 nitrogen and oxygen atoms in total. The van der Waals surface area contributed by atoms with E-state index in [0.29, 0.717) is 5.75 Å². The standard InChI is InChI=1S/C18H16OS/c1-2-3-4-8-15-20(17-9-6-5-7-10-17)18-13-11-16(19)12-14-18/h2-15H,1H2/p+1/b4-3-,15-8+. The molecule has 2 heteroatoms. The average molecular weight is 281 g/mol. The van der Waals surface area contributed by atoms with Crippen LogP contribution in [-0.4, -0.2) is 5.11 Å². The van der Waals surface area contributed by atoms with E-state index in [1.165, 1.54) is 9.79 Å². The maximum absolute atomic E-state index is 9.42. The second kappa shape index (κ2) is 7.41. The fourth-order valence-electron chi connectivity index (χ4n) is 1.72. The van der Waals surface area contributed by atoms with Gasteiger partial charge in [-0.3, -0.25) is 0 Å². The lowest BCUT2D eigenvalue weighted by Gasteiger charge is -2.03. The van der Waals surface area contributed by atoms with Crippen molar-refractivity contribution in [3.63, 3.8) is 0 Å². The minimum Gasteiger partial charge on any atom is -0.508 e. The zero-order chi connectivity index (χ0) is 14.2. The molecule has 1 unspecified atom stereocenters. The average Bonchev–Trinajstić information content (AvgIpc) is 2.50. The van der Waals surface area contributed by atoms with Gasteiger partial charge in [-0.2, -0.15) is 0 Å². The molecule has 0 amide bonds. The molecule has 2 aromatic carbocycles. The van der Waals surface area contributed by atoms with Gasteiger partial charge in [0.15, 0.2) is 9.79 Å². The van der Waals surface area contributed by atoms with Crippen LogP contribution in [0.1, 0.15) is 0 Å². The van der Waals surface area contributed by atoms with E-state index >= 15 is 0 Å². The lowest BCUT2D eigenvalue weighted by Crippen LogP contribution is -1.99. The molecule has 0 aliphatic rings. The van der Waals surface area contributed by atoms with E-state index in [9.17, 15) is 5.11 Å². The number of rotatable bonds is 5. The molecule has 0 heterocycles. The monoisotopic (exact) mass is 281 g/mol. The Morgan fingerprint density at radius 1 is 0.800 bits per heavy atom. The minimum absolute atomic E-state index is 0.140. The summed E-state index contributed by atoms with van der Waals surface area (Å²) in [6, 6.07) is 17.7. The lowest BCUT2D eigenvalue weighted by atomic mass is 10.3. The Kier molecular flexibility index (Phi) is 5.27. The second-order valence-electron chi connectivity index (χ2n) is 4.09. The molecule has 0 bridgehead atoms. The quantitative estimate of drug-likeness (QED) is 0.623. The van der Waals surface area contributed by atoms with Crippen molar-refractivity contribution >= 4 is 10.9 Å². The number of phenolic OH excluding ortho intramolecular Hbond substituents is 1. The highest BCUT2D eigenvalue weighted by molar-refractivity contribution is 7.99. The molecular formula is C18H17OS+. The summed E-state index contributed by atoms with van der Waals surface area (Å²) >= 11 is 0. The van der Waals surface area contributed by atoms with E-state index in [4.69, 9.17) is 0 Å². The van der Waals surface area contributed by atoms with Gasteiger partial charge >= 0.3 is 0 Å². The van der Waals surface area contributed by atoms with Crippen molar-refractivity contribution in [1.29, 1.82) is 0 Å². The first kappa shape index (κ1) is 14.2. The summed E-state index contributed by atoms with van der Waals surface area (Å²) in [7, 11) is -0.140. The molecule has 0 saturated carbocycles. The SMILES string of the molecule is C=C/C=C\C=C\[S+](c1ccccc1)c1ccc(O)cc1. The molecule has 2 rings (SSSR count). The third-order valence-corrected chi connectivity index (χ3v) is 4.65. The van der Waals surface area contributed by atoms with Gasteiger partial charge < -0.3 is 5.11 Å². The van der Waals surface area contributed by atoms with Crippen molar-refractivity contribution < 1.29 is 5.11 Å². The van der Waals surface area contributed by atoms with Crippen molar-refractivity contribution in [1.82, 2.24) is 0 Å². The zero-order valence-electron chi connectivity index (χ0n) is 11.1. The highest BCUT2D eigenvalue weighted by Crippen LogP contribution is 2.26. The smallest absolute Gasteiger partial charge is 0.166 e. The lowest BCUT2D eigenvalue weighted by molar-refractivity contribution is 0.475. The minimum atomic E-state index is -0.140. The number of allylic oxidation sites excluding steroid dienone is 4. The summed E-state index contributed by atoms with van der Waals surface area (Å²) in [5.41, 5.74) is 0. The van der Waals surface area contributed by atoms with Crippen LogP contribution in [0.5, 0.6) is 5.75 Å². The molecule has 20 heavy (non-hydrogen) atoms. The molecule has 1 atom stereocenters. The number of aromatic hydroxyl groups is 1. The molecule has 0 spiro atoms. The van der Waals surface area contributed by atoms with E-state index < -0.39 is 0 Å². The van der Waals surface area contributed by atoms with Gasteiger partial charge in [0.1, 0.15) is 11.2 Å². The number of hydrogen-bond acceptors (Lipinski definition) is 1. The van der Waals surface area contributed by atoms with Gasteiger partial charge in [-0.25, -0.2) is 0 Å². The van der Waals surface area contributed by atoms with Gasteiger partial charge in [0.2, 0.25) is 0 Å². The van der Waals surface area contributed by atoms with E-state index in [2.05, 4.69) is 24.1 Å². The summed E-state index contributed by atoms with van der Waals surface area (Å²) in [5.74, 6) is 0.292. The Morgan fingerprint density at radius 2 is 1.45 bits per heavy atom. The molecule has 0 saturated heterocycles. The molecule has 0 fully saturated rings. The van der Waals surface area contributed by atoms with Crippen molar-refractivity contribution in [2.75, 3.05) is 0 Å². The number of benzene rings is 2. The Balaban J connectivity index is 2.33. The molecule has 2 aromatic rings. The highest BCUT2D eigenvalue weighted by Gasteiger charge is 2.21. The van der Waals surface area contributed by atoms with Gasteiger partial charge in [-0.15, -0.1) is 0 Å². The van der Waals surface area contributed by atoms with Gasteiger partial charge in [0.05, 0.1) is 10.9 Å². The fourth-order valence-corrected chi connectivity index (χ4v) is 3.43. The van der Waals surface area contributed by atoms with Crippen molar-refractivity contribution in [2.24, 2.45) is 0 Å². The maximum atomic E-state index is 9.42. The summed E-state index contributed by atoms with van der Waals surface area (Å²) in [5, 5.41) is 11.6. The second-order valence-corrected chi connectivity index (χ2v) is 5.98. The van der Waals surface area contributed by atoms with E-state index in [-0.39, 0.29) is 10.9 Å². The third-order valence-electron chi connectivity index (χ3n) is 2.66. The van der Waals surface area contributed by atoms with Crippen LogP contribution in [0, 0.1) is 0 Å². The van der Waals surface area contributed by atoms with Gasteiger partial charge in [0.25, 0.3) is 0 Å². The fraction of sp³-hybridized carbons (Fsp3) is 0. The molecule has 100 valence electrons. The van der Waals surface area contributed by atoms with Crippen molar-refractivity contribution in [2.45, 2.75) is 9.79 Å². The zero-order valence-corrected chi connectivity index (χ0v) is 12.0. The predicted molar refractivity (Wildman–Crippen MR) is 86.9 cm³/mol. The van der Waals surface area contributed by atoms with Crippen molar-refractivity contribution in [3.8, 4) is 5.75 Å². The van der Waals surface area contributed by atoms with Crippen LogP contribution >= 0.6 is 0 Å². The Labute approximate surface area is 122 Å². The first-order chi connectivity index (χ1) is 9.81. The first-order valence-electron chi connectivity index (χ1n) is 6.34. The summed E-state index contributed by atoms with van der Waals surface area (Å²) < 4.78 is 0. The summed E-state index contributed by atoms with van der Waals surface area (Å²) in [6.07, 6.45) is 7.66. The van der Waals surface area contributed by atoms with E-state index in [1.54, 1.807) is 18.2 Å². The summed E-state index contributed by atoms with van der Waals surface area (Å²) in [6.45, 7) is 3.66. The maximum Gasteiger partial charge on any atom is 0.166 e. The summed E-state index contributed by atoms with van der Waals surface area (Å²) in [4.78, 5) is 2.43. The number of hydrogen-bond donors (Lipinski definition) is 1. The molecule has 0 aliphatic heterocycles. The Morgan fingerprint density at radius 3 is 2.10 bits per heavy atom. The molecule has 1 N–H and O–H groups in total. The normalized spacial score (nSPS) is 12.8. The molecular weight excluding hydrogens is 264 g/mol. The topological polar surface area (TPSA) is 20.2 Å². The van der Waals surface area contributed by atoms with E-state index in [0.717, 1.165) is 0 Å². The van der Waals surface area contributed by atoms with Crippen LogP contribution in [0.4, 0.5) is 0 Å². The van der Waals surface area contributed by atoms with Crippen LogP contribution in [0.3, 0.4) is 0 Å². The van der Waals surface area contributed by atoms with Crippen LogP contribution < -0.4 is 0 Å². The van der Waals surface area contributed by atoms with E-state index in [1.807, 2.05) is 48.6 Å². The largest absolute Gasteiger partial charge is 0.508 e. The Bertz CT molecular complexity index is 597. The predicted octanol–water partition coefficient (Wildman–Crippen LogP) is 4.68. The van der Waals surface area contributed by atoms with Crippen LogP contribution in [0.25, 0.3) is 0 Å². The van der Waals surface area contributed by atoms with Gasteiger partial charge in [-0.1, -0.05) is 43.0 Å². The van der Waals surface area contributed by atoms with Crippen LogP contribution in [-0.2, 0) is 10.9 Å². The number of phenols is 1. The van der Waals surface area contributed by atoms with Crippen LogP contribution in [0.2, 0.25) is 0 Å². The van der Waals surface area contributed by atoms with Gasteiger partial charge in [-0.05, 0) is 42.5 Å². The molecule has 0 aliphatic carbocycles. The van der Waals surface area contributed by atoms with Gasteiger partial charge in [0, 0.05) is 0 Å². The third kappa shape index (κ3) is 3.90. The Hall–Kier alpha value is -2.19. The van der Waals surface area contributed by atoms with Crippen molar-refractivity contribution in [3.05, 3.63) is 90.9 Å². The van der Waals surface area contributed by atoms with Crippen LogP contribution in [0.15, 0.2) is 101 Å². The highest BCUT2D eigenvalue weighted by atomic mass is 32.2. The molecule has 0 aromatic heterocycles.